The van der Waals surface area contributed by atoms with Crippen LogP contribution in [0.2, 0.25) is 0 Å². The van der Waals surface area contributed by atoms with Gasteiger partial charge in [0.05, 0.1) is 0 Å². The van der Waals surface area contributed by atoms with Gasteiger partial charge < -0.3 is 5.32 Å². The van der Waals surface area contributed by atoms with Crippen LogP contribution in [0.4, 0.5) is 0 Å². The highest BCUT2D eigenvalue weighted by Gasteiger charge is 2.17. The first-order valence-corrected chi connectivity index (χ1v) is 5.20. The van der Waals surface area contributed by atoms with Crippen LogP contribution in [-0.4, -0.2) is 34.0 Å². The molecule has 0 aromatic heterocycles. The summed E-state index contributed by atoms with van der Waals surface area (Å²) < 4.78 is 11.1. The van der Waals surface area contributed by atoms with Crippen molar-refractivity contribution in [1.82, 2.24) is 5.32 Å². The van der Waals surface area contributed by atoms with E-state index < -0.39 is 16.0 Å². The Hall–Kier alpha value is -0.0900. The summed E-state index contributed by atoms with van der Waals surface area (Å²) in [6.45, 7) is 1.63. The predicted octanol–water partition coefficient (Wildman–Crippen LogP) is 0.108. The van der Waals surface area contributed by atoms with Crippen LogP contribution in [0.15, 0.2) is 0 Å². The molecule has 1 N–H and O–H groups in total. The monoisotopic (exact) mass is 197 g/mol. The third-order valence-corrected chi connectivity index (χ3v) is 3.31. The number of hydrogen-bond acceptors (Lipinski definition) is 2. The molecule has 5 heteroatoms. The summed E-state index contributed by atoms with van der Waals surface area (Å²) in [5.41, 5.74) is 0. The minimum absolute atomic E-state index is 0.201. The van der Waals surface area contributed by atoms with Gasteiger partial charge in [-0.15, -0.1) is 11.6 Å². The highest BCUT2D eigenvalue weighted by atomic mass is 35.5. The first kappa shape index (κ1) is 10.9. The summed E-state index contributed by atoms with van der Waals surface area (Å²) in [6, 6.07) is 0. The molecule has 11 heavy (non-hydrogen) atoms. The molecule has 0 aliphatic heterocycles. The van der Waals surface area contributed by atoms with Crippen LogP contribution < -0.4 is 5.32 Å². The molecule has 2 unspecified atom stereocenters. The van der Waals surface area contributed by atoms with Gasteiger partial charge >= 0.3 is 0 Å². The number of rotatable bonds is 4. The van der Waals surface area contributed by atoms with Crippen molar-refractivity contribution in [2.24, 2.45) is 0 Å². The van der Waals surface area contributed by atoms with Crippen LogP contribution >= 0.6 is 11.6 Å². The van der Waals surface area contributed by atoms with E-state index in [1.54, 1.807) is 6.92 Å². The second-order valence-electron chi connectivity index (χ2n) is 2.03. The zero-order chi connectivity index (χ0) is 8.85. The van der Waals surface area contributed by atoms with E-state index in [1.165, 1.54) is 7.05 Å². The second-order valence-corrected chi connectivity index (χ2v) is 4.29. The Bertz CT molecular complexity index is 163. The largest absolute Gasteiger partial charge is 0.358 e. The Morgan fingerprint density at radius 2 is 2.27 bits per heavy atom. The maximum Gasteiger partial charge on any atom is 0.235 e. The lowest BCUT2D eigenvalue weighted by molar-refractivity contribution is -0.119. The normalized spacial score (nSPS) is 15.5. The molecule has 2 atom stereocenters. The molecule has 0 fully saturated rings. The Morgan fingerprint density at radius 1 is 1.73 bits per heavy atom. The van der Waals surface area contributed by atoms with Crippen molar-refractivity contribution in [3.05, 3.63) is 0 Å². The highest BCUT2D eigenvalue weighted by Crippen LogP contribution is 1.96. The molecule has 3 nitrogen and oxygen atoms in total. The quantitative estimate of drug-likeness (QED) is 0.651. The smallest absolute Gasteiger partial charge is 0.235 e. The molecule has 0 aliphatic rings. The van der Waals surface area contributed by atoms with Crippen molar-refractivity contribution in [3.8, 4) is 0 Å². The summed E-state index contributed by atoms with van der Waals surface area (Å²) in [4.78, 5) is 10.9. The van der Waals surface area contributed by atoms with Gasteiger partial charge in [0.25, 0.3) is 0 Å². The third kappa shape index (κ3) is 3.72. The molecule has 0 aromatic carbocycles. The number of nitrogens with one attached hydrogen (secondary N) is 1. The summed E-state index contributed by atoms with van der Waals surface area (Å²) in [6.07, 6.45) is 0. The lowest BCUT2D eigenvalue weighted by Crippen LogP contribution is -2.33. The predicted molar refractivity (Wildman–Crippen MR) is 47.3 cm³/mol. The van der Waals surface area contributed by atoms with E-state index in [9.17, 15) is 9.00 Å². The van der Waals surface area contributed by atoms with E-state index in [1.807, 2.05) is 0 Å². The molecule has 0 radical (unpaired) electrons. The molecule has 0 bridgehead atoms. The van der Waals surface area contributed by atoms with Crippen LogP contribution in [0.25, 0.3) is 0 Å². The van der Waals surface area contributed by atoms with Gasteiger partial charge in [0.15, 0.2) is 0 Å². The zero-order valence-corrected chi connectivity index (χ0v) is 8.17. The first-order valence-electron chi connectivity index (χ1n) is 3.28. The van der Waals surface area contributed by atoms with Crippen LogP contribution in [0.3, 0.4) is 0 Å². The van der Waals surface area contributed by atoms with E-state index in [0.29, 0.717) is 11.6 Å². The number of carbonyl (C=O) groups excluding carboxylic acids is 1. The van der Waals surface area contributed by atoms with Crippen molar-refractivity contribution in [1.29, 1.82) is 0 Å². The number of carbonyl (C=O) groups is 1. The van der Waals surface area contributed by atoms with Crippen LogP contribution in [-0.2, 0) is 15.6 Å². The first-order chi connectivity index (χ1) is 5.13. The van der Waals surface area contributed by atoms with E-state index in [2.05, 4.69) is 5.32 Å². The molecule has 0 heterocycles. The van der Waals surface area contributed by atoms with Crippen molar-refractivity contribution < 1.29 is 9.00 Å². The number of alkyl halides is 1. The SMILES string of the molecule is CNC(=O)C(C)S(=O)CCCl. The van der Waals surface area contributed by atoms with Crippen molar-refractivity contribution in [3.63, 3.8) is 0 Å². The average molecular weight is 198 g/mol. The molecule has 0 aromatic rings. The lowest BCUT2D eigenvalue weighted by atomic mass is 10.4. The third-order valence-electron chi connectivity index (χ3n) is 1.29. The van der Waals surface area contributed by atoms with Crippen LogP contribution in [0, 0.1) is 0 Å². The van der Waals surface area contributed by atoms with E-state index >= 15 is 0 Å². The molecule has 0 rings (SSSR count). The fourth-order valence-corrected chi connectivity index (χ4v) is 1.89. The maximum absolute atomic E-state index is 11.1. The molecule has 0 aliphatic carbocycles. The maximum atomic E-state index is 11.1. The van der Waals surface area contributed by atoms with E-state index in [-0.39, 0.29) is 5.91 Å². The second kappa shape index (κ2) is 5.55. The molecular formula is C6H12ClNO2S. The Balaban J connectivity index is 3.91. The molecule has 0 spiro atoms. The van der Waals surface area contributed by atoms with E-state index in [4.69, 9.17) is 11.6 Å². The van der Waals surface area contributed by atoms with Gasteiger partial charge in [-0.2, -0.15) is 0 Å². The van der Waals surface area contributed by atoms with Crippen LogP contribution in [0.1, 0.15) is 6.92 Å². The van der Waals surface area contributed by atoms with Crippen LogP contribution in [0.5, 0.6) is 0 Å². The van der Waals surface area contributed by atoms with Gasteiger partial charge in [0.2, 0.25) is 5.91 Å². The Labute approximate surface area is 74.0 Å². The molecule has 0 saturated heterocycles. The van der Waals surface area contributed by atoms with Gasteiger partial charge in [-0.05, 0) is 6.92 Å². The summed E-state index contributed by atoms with van der Waals surface area (Å²) in [5.74, 6) is 0.498. The van der Waals surface area contributed by atoms with Crippen molar-refractivity contribution in [2.75, 3.05) is 18.7 Å². The fraction of sp³-hybridized carbons (Fsp3) is 0.833. The average Bonchev–Trinajstić information content (AvgIpc) is 2.02. The Morgan fingerprint density at radius 3 is 2.64 bits per heavy atom. The van der Waals surface area contributed by atoms with Gasteiger partial charge in [-0.3, -0.25) is 9.00 Å². The van der Waals surface area contributed by atoms with Gasteiger partial charge in [-0.1, -0.05) is 0 Å². The summed E-state index contributed by atoms with van der Waals surface area (Å²) in [7, 11) is 0.386. The summed E-state index contributed by atoms with van der Waals surface area (Å²) >= 11 is 5.36. The number of hydrogen-bond donors (Lipinski definition) is 1. The zero-order valence-electron chi connectivity index (χ0n) is 6.59. The number of amides is 1. The minimum atomic E-state index is -1.14. The standard InChI is InChI=1S/C6H12ClNO2S/c1-5(6(9)8-2)11(10)4-3-7/h5H,3-4H2,1-2H3,(H,8,9). The molecular weight excluding hydrogens is 186 g/mol. The molecule has 0 saturated carbocycles. The molecule has 1 amide bonds. The van der Waals surface area contributed by atoms with Gasteiger partial charge in [-0.25, -0.2) is 0 Å². The van der Waals surface area contributed by atoms with E-state index in [0.717, 1.165) is 0 Å². The fourth-order valence-electron chi connectivity index (χ4n) is 0.575. The Kier molecular flexibility index (Phi) is 5.50. The minimum Gasteiger partial charge on any atom is -0.358 e. The molecule has 66 valence electrons. The van der Waals surface area contributed by atoms with Gasteiger partial charge in [0, 0.05) is 29.5 Å². The number of halogens is 1. The van der Waals surface area contributed by atoms with Crippen molar-refractivity contribution in [2.45, 2.75) is 12.2 Å². The highest BCUT2D eigenvalue weighted by molar-refractivity contribution is 7.86. The van der Waals surface area contributed by atoms with Gasteiger partial charge in [0.1, 0.15) is 5.25 Å². The summed E-state index contributed by atoms with van der Waals surface area (Å²) in [5, 5.41) is 1.97. The topological polar surface area (TPSA) is 46.2 Å². The van der Waals surface area contributed by atoms with Crippen molar-refractivity contribution >= 4 is 28.3 Å². The lowest BCUT2D eigenvalue weighted by Gasteiger charge is -2.07.